The molecule has 2 atom stereocenters. The van der Waals surface area contributed by atoms with Crippen LogP contribution in [-0.4, -0.2) is 77.6 Å². The van der Waals surface area contributed by atoms with Gasteiger partial charge in [0.2, 0.25) is 0 Å². The highest BCUT2D eigenvalue weighted by atomic mass is 19.1. The fourth-order valence-corrected chi connectivity index (χ4v) is 5.27. The van der Waals surface area contributed by atoms with Gasteiger partial charge in [-0.3, -0.25) is 24.2 Å². The van der Waals surface area contributed by atoms with Gasteiger partial charge in [-0.25, -0.2) is 4.39 Å². The van der Waals surface area contributed by atoms with E-state index in [4.69, 9.17) is 4.74 Å². The number of carbonyl (C=O) groups is 4. The lowest BCUT2D eigenvalue weighted by Crippen LogP contribution is -2.51. The first-order valence-corrected chi connectivity index (χ1v) is 14.1. The Bertz CT molecular complexity index is 1490. The number of carboxylic acids is 1. The average Bonchev–Trinajstić information content (AvgIpc) is 3.56. The third-order valence-electron chi connectivity index (χ3n) is 7.50. The summed E-state index contributed by atoms with van der Waals surface area (Å²) in [5.74, 6) is -2.79. The zero-order valence-electron chi connectivity index (χ0n) is 23.4. The molecule has 43 heavy (non-hydrogen) atoms. The molecule has 2 aliphatic rings. The highest BCUT2D eigenvalue weighted by Crippen LogP contribution is 2.30. The van der Waals surface area contributed by atoms with Crippen LogP contribution >= 0.6 is 0 Å². The maximum absolute atomic E-state index is 13.8. The van der Waals surface area contributed by atoms with Crippen molar-refractivity contribution >= 4 is 35.1 Å². The first-order chi connectivity index (χ1) is 20.8. The van der Waals surface area contributed by atoms with Gasteiger partial charge in [0.1, 0.15) is 11.9 Å². The monoisotopic (exact) mass is 589 g/mol. The van der Waals surface area contributed by atoms with Crippen molar-refractivity contribution in [1.29, 1.82) is 0 Å². The second kappa shape index (κ2) is 13.4. The Balaban J connectivity index is 1.38. The van der Waals surface area contributed by atoms with Crippen molar-refractivity contribution < 1.29 is 33.4 Å². The molecule has 0 saturated carbocycles. The smallest absolute Gasteiger partial charge is 0.305 e. The molecular formula is C31H32FN5O6. The number of aromatic nitrogens is 1. The minimum Gasteiger partial charge on any atom is -0.481 e. The van der Waals surface area contributed by atoms with E-state index in [0.29, 0.717) is 56.1 Å². The van der Waals surface area contributed by atoms with E-state index >= 15 is 0 Å². The molecule has 3 aromatic rings. The van der Waals surface area contributed by atoms with Crippen LogP contribution in [0.4, 0.5) is 15.8 Å². The lowest BCUT2D eigenvalue weighted by Gasteiger charge is -2.37. The minimum atomic E-state index is -1.09. The number of ether oxygens (including phenoxy) is 1. The van der Waals surface area contributed by atoms with Gasteiger partial charge >= 0.3 is 5.97 Å². The van der Waals surface area contributed by atoms with E-state index in [2.05, 4.69) is 15.6 Å². The van der Waals surface area contributed by atoms with Crippen LogP contribution in [0.15, 0.2) is 67.0 Å². The van der Waals surface area contributed by atoms with Crippen LogP contribution < -0.4 is 15.5 Å². The maximum atomic E-state index is 13.8. The largest absolute Gasteiger partial charge is 0.481 e. The highest BCUT2D eigenvalue weighted by Gasteiger charge is 2.31. The van der Waals surface area contributed by atoms with Crippen LogP contribution in [0.5, 0.6) is 0 Å². The van der Waals surface area contributed by atoms with Crippen molar-refractivity contribution in [3.05, 3.63) is 89.5 Å². The molecule has 12 heteroatoms. The van der Waals surface area contributed by atoms with Crippen LogP contribution in [0.3, 0.4) is 0 Å². The lowest BCUT2D eigenvalue weighted by atomic mass is 10.0. The normalized spacial score (nSPS) is 17.3. The quantitative estimate of drug-likeness (QED) is 0.346. The van der Waals surface area contributed by atoms with Gasteiger partial charge in [0.15, 0.2) is 0 Å². The van der Waals surface area contributed by atoms with E-state index in [-0.39, 0.29) is 23.5 Å². The molecule has 2 unspecified atom stereocenters. The van der Waals surface area contributed by atoms with Crippen LogP contribution in [0.1, 0.15) is 51.6 Å². The zero-order chi connectivity index (χ0) is 30.3. The Morgan fingerprint density at radius 1 is 1.00 bits per heavy atom. The Kier molecular flexibility index (Phi) is 9.26. The molecule has 5 rings (SSSR count). The first-order valence-electron chi connectivity index (χ1n) is 14.1. The summed E-state index contributed by atoms with van der Waals surface area (Å²) in [6, 6.07) is 12.6. The fourth-order valence-electron chi connectivity index (χ4n) is 5.27. The number of halogens is 1. The van der Waals surface area contributed by atoms with Crippen LogP contribution in [0.25, 0.3) is 0 Å². The van der Waals surface area contributed by atoms with Crippen molar-refractivity contribution in [2.24, 2.45) is 0 Å². The Hall–Kier alpha value is -4.84. The van der Waals surface area contributed by atoms with E-state index in [1.807, 2.05) is 4.90 Å². The number of anilines is 2. The summed E-state index contributed by atoms with van der Waals surface area (Å²) >= 11 is 0. The van der Waals surface area contributed by atoms with E-state index < -0.39 is 35.7 Å². The molecule has 2 aromatic carbocycles. The van der Waals surface area contributed by atoms with E-state index in [0.717, 1.165) is 12.5 Å². The molecule has 11 nitrogen and oxygen atoms in total. The molecule has 3 amide bonds. The van der Waals surface area contributed by atoms with Crippen molar-refractivity contribution in [2.45, 2.75) is 31.4 Å². The molecule has 2 aliphatic heterocycles. The molecule has 2 fully saturated rings. The van der Waals surface area contributed by atoms with E-state index in [1.165, 1.54) is 30.5 Å². The van der Waals surface area contributed by atoms with Crippen LogP contribution in [0.2, 0.25) is 0 Å². The molecule has 1 aromatic heterocycles. The van der Waals surface area contributed by atoms with Gasteiger partial charge < -0.3 is 30.3 Å². The van der Waals surface area contributed by atoms with E-state index in [9.17, 15) is 28.7 Å². The number of carboxylic acid groups (broad SMARTS) is 1. The number of aliphatic carboxylic acids is 1. The van der Waals surface area contributed by atoms with Gasteiger partial charge in [0, 0.05) is 56.3 Å². The molecule has 0 aliphatic carbocycles. The average molecular weight is 590 g/mol. The van der Waals surface area contributed by atoms with Gasteiger partial charge in [0.25, 0.3) is 17.7 Å². The molecule has 3 N–H and O–H groups in total. The van der Waals surface area contributed by atoms with Crippen molar-refractivity contribution in [3.63, 3.8) is 0 Å². The molecule has 3 heterocycles. The predicted molar refractivity (Wildman–Crippen MR) is 155 cm³/mol. The number of nitrogens with zero attached hydrogens (tertiary/aromatic N) is 3. The zero-order valence-corrected chi connectivity index (χ0v) is 23.4. The summed E-state index contributed by atoms with van der Waals surface area (Å²) in [6.45, 7) is 2.47. The summed E-state index contributed by atoms with van der Waals surface area (Å²) in [4.78, 5) is 58.6. The third kappa shape index (κ3) is 7.33. The van der Waals surface area contributed by atoms with E-state index in [1.54, 1.807) is 35.4 Å². The molecular weight excluding hydrogens is 557 g/mol. The van der Waals surface area contributed by atoms with Crippen LogP contribution in [0, 0.1) is 5.82 Å². The highest BCUT2D eigenvalue weighted by molar-refractivity contribution is 6.07. The number of hydrogen-bond acceptors (Lipinski definition) is 7. The fraction of sp³-hybridized carbons (Fsp3) is 0.323. The van der Waals surface area contributed by atoms with Crippen molar-refractivity contribution in [1.82, 2.24) is 15.2 Å². The van der Waals surface area contributed by atoms with Crippen molar-refractivity contribution in [3.8, 4) is 0 Å². The van der Waals surface area contributed by atoms with Gasteiger partial charge in [-0.05, 0) is 60.9 Å². The van der Waals surface area contributed by atoms with Crippen LogP contribution in [-0.2, 0) is 14.3 Å². The summed E-state index contributed by atoms with van der Waals surface area (Å²) < 4.78 is 19.4. The number of carbonyl (C=O) groups excluding carboxylic acids is 3. The standard InChI is InChI=1S/C31H32FN5O6/c32-23-6-1-4-20(16-23)29(40)35-25-17-21(30(41)34-24(18-28(38)39)22-5-2-10-33-19-22)8-9-26(25)36-11-13-37(14-12-36)31(42)27-7-3-15-43-27/h1-2,4-6,8-10,16-17,19,24,27H,3,7,11-15,18H2,(H,34,41)(H,35,40)(H,38,39). The summed E-state index contributed by atoms with van der Waals surface area (Å²) in [7, 11) is 0. The molecule has 0 radical (unpaired) electrons. The second-order valence-corrected chi connectivity index (χ2v) is 10.4. The summed E-state index contributed by atoms with van der Waals surface area (Å²) in [5.41, 5.74) is 1.76. The summed E-state index contributed by atoms with van der Waals surface area (Å²) in [6.07, 6.45) is 3.87. The van der Waals surface area contributed by atoms with Gasteiger partial charge in [0.05, 0.1) is 23.8 Å². The number of nitrogens with one attached hydrogen (secondary N) is 2. The number of piperazine rings is 1. The maximum Gasteiger partial charge on any atom is 0.305 e. The number of amides is 3. The molecule has 224 valence electrons. The predicted octanol–water partition coefficient (Wildman–Crippen LogP) is 3.25. The molecule has 0 spiro atoms. The van der Waals surface area contributed by atoms with Gasteiger partial charge in [-0.1, -0.05) is 12.1 Å². The Labute approximate surface area is 247 Å². The Morgan fingerprint density at radius 3 is 2.47 bits per heavy atom. The Morgan fingerprint density at radius 2 is 1.79 bits per heavy atom. The number of pyridine rings is 1. The second-order valence-electron chi connectivity index (χ2n) is 10.4. The topological polar surface area (TPSA) is 141 Å². The number of benzene rings is 2. The lowest BCUT2D eigenvalue weighted by molar-refractivity contribution is -0.141. The van der Waals surface area contributed by atoms with Gasteiger partial charge in [-0.2, -0.15) is 0 Å². The minimum absolute atomic E-state index is 0.0201. The number of rotatable bonds is 9. The number of hydrogen-bond donors (Lipinski definition) is 3. The molecule has 2 saturated heterocycles. The SMILES string of the molecule is O=C(O)CC(NC(=O)c1ccc(N2CCN(C(=O)C3CCCO3)CC2)c(NC(=O)c2cccc(F)c2)c1)c1cccnc1. The summed E-state index contributed by atoms with van der Waals surface area (Å²) in [5, 5.41) is 15.0. The first kappa shape index (κ1) is 29.6. The van der Waals surface area contributed by atoms with Crippen molar-refractivity contribution in [2.75, 3.05) is 43.0 Å². The third-order valence-corrected chi connectivity index (χ3v) is 7.50. The van der Waals surface area contributed by atoms with Gasteiger partial charge in [-0.15, -0.1) is 0 Å². The molecule has 0 bridgehead atoms.